The second-order valence-corrected chi connectivity index (χ2v) is 7.85. The molecule has 1 aliphatic heterocycles. The minimum Gasteiger partial charge on any atom is -0.334 e. The summed E-state index contributed by atoms with van der Waals surface area (Å²) in [6, 6.07) is 4.15. The first kappa shape index (κ1) is 15.0. The van der Waals surface area contributed by atoms with Crippen LogP contribution in [-0.4, -0.2) is 34.4 Å². The van der Waals surface area contributed by atoms with Gasteiger partial charge in [-0.05, 0) is 31.9 Å². The first-order valence-corrected chi connectivity index (χ1v) is 8.90. The predicted molar refractivity (Wildman–Crippen MR) is 88.1 cm³/mol. The average Bonchev–Trinajstić information content (AvgIpc) is 3.06. The molecule has 2 atom stereocenters. The van der Waals surface area contributed by atoms with Crippen molar-refractivity contribution in [2.24, 2.45) is 5.73 Å². The Morgan fingerprint density at radius 2 is 2.33 bits per heavy atom. The van der Waals surface area contributed by atoms with E-state index in [0.717, 1.165) is 27.1 Å². The third kappa shape index (κ3) is 3.13. The third-order valence-electron chi connectivity index (χ3n) is 3.68. The maximum absolute atomic E-state index is 12.6. The summed E-state index contributed by atoms with van der Waals surface area (Å²) in [5.74, 6) is -0.000414. The van der Waals surface area contributed by atoms with E-state index in [2.05, 4.69) is 4.98 Å². The summed E-state index contributed by atoms with van der Waals surface area (Å²) in [6.45, 7) is 2.75. The van der Waals surface area contributed by atoms with Crippen molar-refractivity contribution in [1.29, 1.82) is 0 Å². The molecule has 0 aromatic carbocycles. The Morgan fingerprint density at radius 1 is 1.52 bits per heavy atom. The summed E-state index contributed by atoms with van der Waals surface area (Å²) in [6.07, 6.45) is 1.71. The lowest BCUT2D eigenvalue weighted by Crippen LogP contribution is -2.48. The summed E-state index contributed by atoms with van der Waals surface area (Å²) in [7, 11) is 0. The zero-order valence-corrected chi connectivity index (χ0v) is 14.0. The van der Waals surface area contributed by atoms with Crippen molar-refractivity contribution >= 4 is 40.2 Å². The van der Waals surface area contributed by atoms with E-state index in [4.69, 9.17) is 17.3 Å². The topological polar surface area (TPSA) is 59.2 Å². The molecular formula is C14H16ClN3OS2. The molecule has 0 spiro atoms. The number of piperidine rings is 1. The van der Waals surface area contributed by atoms with Crippen molar-refractivity contribution in [3.05, 3.63) is 27.5 Å². The summed E-state index contributed by atoms with van der Waals surface area (Å²) in [4.78, 5) is 19.9. The molecule has 0 aliphatic carbocycles. The first-order chi connectivity index (χ1) is 10.0. The second-order valence-electron chi connectivity index (χ2n) is 5.27. The lowest BCUT2D eigenvalue weighted by atomic mass is 9.99. The number of carbonyl (C=O) groups is 1. The first-order valence-electron chi connectivity index (χ1n) is 6.82. The van der Waals surface area contributed by atoms with Crippen LogP contribution in [-0.2, 0) is 0 Å². The van der Waals surface area contributed by atoms with Crippen molar-refractivity contribution in [2.75, 3.05) is 6.54 Å². The Bertz CT molecular complexity index is 654. The van der Waals surface area contributed by atoms with Crippen LogP contribution in [0.4, 0.5) is 0 Å². The normalized spacial score (nSPS) is 22.5. The summed E-state index contributed by atoms with van der Waals surface area (Å²) < 4.78 is 0.728. The van der Waals surface area contributed by atoms with Gasteiger partial charge in [-0.1, -0.05) is 11.6 Å². The highest BCUT2D eigenvalue weighted by atomic mass is 35.5. The monoisotopic (exact) mass is 341 g/mol. The van der Waals surface area contributed by atoms with Crippen LogP contribution < -0.4 is 5.73 Å². The molecule has 0 saturated carbocycles. The second kappa shape index (κ2) is 6.04. The molecule has 0 radical (unpaired) electrons. The Kier molecular flexibility index (Phi) is 4.31. The number of nitrogens with zero attached hydrogens (tertiary/aromatic N) is 2. The number of thiophene rings is 1. The molecule has 4 nitrogen and oxygen atoms in total. The molecule has 112 valence electrons. The fourth-order valence-corrected chi connectivity index (χ4v) is 4.48. The highest BCUT2D eigenvalue weighted by Gasteiger charge is 2.29. The molecule has 3 heterocycles. The number of carbonyl (C=O) groups excluding carboxylic acids is 1. The quantitative estimate of drug-likeness (QED) is 0.909. The smallest absolute Gasteiger partial charge is 0.273 e. The molecule has 21 heavy (non-hydrogen) atoms. The predicted octanol–water partition coefficient (Wildman–Crippen LogP) is 3.48. The number of aromatic nitrogens is 1. The molecule has 1 aliphatic rings. The number of rotatable bonds is 2. The Labute approximate surface area is 136 Å². The molecule has 7 heteroatoms. The van der Waals surface area contributed by atoms with Crippen LogP contribution in [0.1, 0.15) is 30.3 Å². The van der Waals surface area contributed by atoms with Gasteiger partial charge in [-0.2, -0.15) is 0 Å². The van der Waals surface area contributed by atoms with Gasteiger partial charge in [0, 0.05) is 24.0 Å². The van der Waals surface area contributed by atoms with E-state index in [1.807, 2.05) is 29.3 Å². The Morgan fingerprint density at radius 3 is 3.00 bits per heavy atom. The van der Waals surface area contributed by atoms with Crippen LogP contribution in [0.2, 0.25) is 4.34 Å². The molecule has 3 rings (SSSR count). The molecule has 2 N–H and O–H groups in total. The minimum atomic E-state index is -0.000414. The zero-order chi connectivity index (χ0) is 15.0. The van der Waals surface area contributed by atoms with Gasteiger partial charge in [0.1, 0.15) is 10.7 Å². The molecular weight excluding hydrogens is 326 g/mol. The number of hydrogen-bond donors (Lipinski definition) is 1. The highest BCUT2D eigenvalue weighted by Crippen LogP contribution is 2.33. The maximum Gasteiger partial charge on any atom is 0.273 e. The van der Waals surface area contributed by atoms with E-state index >= 15 is 0 Å². The molecule has 1 amide bonds. The zero-order valence-electron chi connectivity index (χ0n) is 11.6. The van der Waals surface area contributed by atoms with Crippen molar-refractivity contribution in [2.45, 2.75) is 31.8 Å². The number of amides is 1. The fourth-order valence-electron chi connectivity index (χ4n) is 2.57. The van der Waals surface area contributed by atoms with Gasteiger partial charge in [0.25, 0.3) is 5.91 Å². The summed E-state index contributed by atoms with van der Waals surface area (Å²) >= 11 is 8.90. The average molecular weight is 342 g/mol. The number of thiazole rings is 1. The van der Waals surface area contributed by atoms with Gasteiger partial charge in [-0.15, -0.1) is 22.7 Å². The van der Waals surface area contributed by atoms with Crippen LogP contribution in [0.3, 0.4) is 0 Å². The van der Waals surface area contributed by atoms with Crippen LogP contribution in [0.25, 0.3) is 9.88 Å². The van der Waals surface area contributed by atoms with Gasteiger partial charge in [0.2, 0.25) is 0 Å². The molecule has 1 saturated heterocycles. The molecule has 1 fully saturated rings. The SMILES string of the molecule is C[C@@H]1C[C@@H](N)CCN1C(=O)c1csc(-c2ccc(Cl)s2)n1. The van der Waals surface area contributed by atoms with Crippen molar-refractivity contribution in [3.63, 3.8) is 0 Å². The van der Waals surface area contributed by atoms with Crippen LogP contribution >= 0.6 is 34.3 Å². The van der Waals surface area contributed by atoms with E-state index in [1.54, 1.807) is 0 Å². The van der Waals surface area contributed by atoms with E-state index in [1.165, 1.54) is 22.7 Å². The Hall–Kier alpha value is -0.950. The molecule has 0 unspecified atom stereocenters. The number of nitrogens with two attached hydrogens (primary N) is 1. The van der Waals surface area contributed by atoms with E-state index in [-0.39, 0.29) is 18.0 Å². The van der Waals surface area contributed by atoms with E-state index in [0.29, 0.717) is 12.2 Å². The fraction of sp³-hybridized carbons (Fsp3) is 0.429. The molecule has 0 bridgehead atoms. The standard InChI is InChI=1S/C14H16ClN3OS2/c1-8-6-9(16)4-5-18(8)14(19)10-7-20-13(17-10)11-2-3-12(15)21-11/h2-3,7-9H,4-6,16H2,1H3/t8-,9+/m1/s1. The number of likely N-dealkylation sites (tertiary alicyclic amines) is 1. The van der Waals surface area contributed by atoms with Crippen molar-refractivity contribution < 1.29 is 4.79 Å². The van der Waals surface area contributed by atoms with Crippen molar-refractivity contribution in [1.82, 2.24) is 9.88 Å². The van der Waals surface area contributed by atoms with Crippen LogP contribution in [0.15, 0.2) is 17.5 Å². The van der Waals surface area contributed by atoms with E-state index < -0.39 is 0 Å². The molecule has 2 aromatic rings. The number of hydrogen-bond acceptors (Lipinski definition) is 5. The number of halogens is 1. The van der Waals surface area contributed by atoms with Gasteiger partial charge in [-0.3, -0.25) is 4.79 Å². The Balaban J connectivity index is 1.78. The molecule has 2 aromatic heterocycles. The minimum absolute atomic E-state index is 0.000414. The highest BCUT2D eigenvalue weighted by molar-refractivity contribution is 7.23. The lowest BCUT2D eigenvalue weighted by molar-refractivity contribution is 0.0614. The van der Waals surface area contributed by atoms with E-state index in [9.17, 15) is 4.79 Å². The summed E-state index contributed by atoms with van der Waals surface area (Å²) in [5, 5.41) is 2.67. The maximum atomic E-state index is 12.6. The van der Waals surface area contributed by atoms with Crippen LogP contribution in [0.5, 0.6) is 0 Å². The van der Waals surface area contributed by atoms with Gasteiger partial charge < -0.3 is 10.6 Å². The lowest BCUT2D eigenvalue weighted by Gasteiger charge is -2.35. The summed E-state index contributed by atoms with van der Waals surface area (Å²) in [5.41, 5.74) is 6.46. The van der Waals surface area contributed by atoms with Crippen molar-refractivity contribution in [3.8, 4) is 9.88 Å². The largest absolute Gasteiger partial charge is 0.334 e. The van der Waals surface area contributed by atoms with Gasteiger partial charge in [0.15, 0.2) is 0 Å². The third-order valence-corrected chi connectivity index (χ3v) is 5.93. The van der Waals surface area contributed by atoms with Gasteiger partial charge in [0.05, 0.1) is 9.21 Å². The van der Waals surface area contributed by atoms with Crippen LogP contribution in [0, 0.1) is 0 Å². The van der Waals surface area contributed by atoms with Gasteiger partial charge >= 0.3 is 0 Å². The van der Waals surface area contributed by atoms with Gasteiger partial charge in [-0.25, -0.2) is 4.98 Å².